The smallest absolute Gasteiger partial charge is 0.260 e. The molecule has 2 unspecified atom stereocenters. The first-order valence-electron chi connectivity index (χ1n) is 10.5. The Labute approximate surface area is 188 Å². The number of carbonyl (C=O) groups is 1. The van der Waals surface area contributed by atoms with Gasteiger partial charge in [0.05, 0.1) is 45.1 Å². The van der Waals surface area contributed by atoms with E-state index in [1.54, 1.807) is 45.4 Å². The summed E-state index contributed by atoms with van der Waals surface area (Å²) in [6.45, 7) is 4.95. The number of benzene rings is 2. The molecule has 3 rings (SSSR count). The van der Waals surface area contributed by atoms with E-state index in [4.69, 9.17) is 24.2 Å². The predicted molar refractivity (Wildman–Crippen MR) is 119 cm³/mol. The molecule has 0 radical (unpaired) electrons. The second kappa shape index (κ2) is 11.4. The van der Waals surface area contributed by atoms with Crippen LogP contribution in [-0.4, -0.2) is 64.0 Å². The number of methoxy groups -OCH3 is 2. The van der Waals surface area contributed by atoms with E-state index in [2.05, 4.69) is 16.3 Å². The molecule has 0 saturated carbocycles. The van der Waals surface area contributed by atoms with Crippen molar-refractivity contribution in [2.75, 3.05) is 47.1 Å². The second-order valence-electron chi connectivity index (χ2n) is 7.42. The standard InChI is InChI=1S/C24H29N3O5/c1-17(32-20-7-4-18(15-25)5-8-20)24(28)26-16-21(27-10-12-31-13-11-27)19-6-9-22(29-2)23(14-19)30-3/h4-9,14,17,21H,10-13,16H2,1-3H3,(H,26,28). The summed E-state index contributed by atoms with van der Waals surface area (Å²) >= 11 is 0. The number of hydrogen-bond donors (Lipinski definition) is 1. The lowest BCUT2D eigenvalue weighted by Crippen LogP contribution is -2.45. The van der Waals surface area contributed by atoms with Crippen LogP contribution in [-0.2, 0) is 9.53 Å². The third-order valence-electron chi connectivity index (χ3n) is 5.41. The molecule has 1 heterocycles. The van der Waals surface area contributed by atoms with Gasteiger partial charge in [0.2, 0.25) is 0 Å². The lowest BCUT2D eigenvalue weighted by atomic mass is 10.0. The third-order valence-corrected chi connectivity index (χ3v) is 5.41. The van der Waals surface area contributed by atoms with Crippen LogP contribution in [0.25, 0.3) is 0 Å². The average Bonchev–Trinajstić information content (AvgIpc) is 2.84. The highest BCUT2D eigenvalue weighted by atomic mass is 16.5. The fraction of sp³-hybridized carbons (Fsp3) is 0.417. The lowest BCUT2D eigenvalue weighted by molar-refractivity contribution is -0.127. The molecule has 1 amide bonds. The van der Waals surface area contributed by atoms with Crippen molar-refractivity contribution in [2.24, 2.45) is 0 Å². The van der Waals surface area contributed by atoms with E-state index in [0.717, 1.165) is 18.7 Å². The Morgan fingerprint density at radius 1 is 1.12 bits per heavy atom. The first kappa shape index (κ1) is 23.4. The third kappa shape index (κ3) is 5.90. The highest BCUT2D eigenvalue weighted by Gasteiger charge is 2.25. The van der Waals surface area contributed by atoms with Crippen molar-refractivity contribution in [1.82, 2.24) is 10.2 Å². The Kier molecular flexibility index (Phi) is 8.31. The molecule has 1 saturated heterocycles. The SMILES string of the molecule is COc1ccc(C(CNC(=O)C(C)Oc2ccc(C#N)cc2)N2CCOCC2)cc1OC. The Morgan fingerprint density at radius 2 is 1.81 bits per heavy atom. The molecule has 2 atom stereocenters. The average molecular weight is 440 g/mol. The molecule has 8 nitrogen and oxygen atoms in total. The quantitative estimate of drug-likeness (QED) is 0.642. The number of nitrogens with zero attached hydrogens (tertiary/aromatic N) is 2. The fourth-order valence-corrected chi connectivity index (χ4v) is 3.61. The number of amides is 1. The monoisotopic (exact) mass is 439 g/mol. The zero-order valence-electron chi connectivity index (χ0n) is 18.7. The lowest BCUT2D eigenvalue weighted by Gasteiger charge is -2.35. The van der Waals surface area contributed by atoms with Gasteiger partial charge in [-0.1, -0.05) is 6.07 Å². The van der Waals surface area contributed by atoms with Crippen LogP contribution >= 0.6 is 0 Å². The van der Waals surface area contributed by atoms with E-state index in [9.17, 15) is 4.79 Å². The molecule has 1 fully saturated rings. The molecule has 1 aliphatic rings. The van der Waals surface area contributed by atoms with Crippen LogP contribution in [0.5, 0.6) is 17.2 Å². The van der Waals surface area contributed by atoms with Crippen molar-refractivity contribution >= 4 is 5.91 Å². The first-order valence-corrected chi connectivity index (χ1v) is 10.5. The van der Waals surface area contributed by atoms with Crippen molar-refractivity contribution in [3.8, 4) is 23.3 Å². The van der Waals surface area contributed by atoms with Crippen molar-refractivity contribution in [2.45, 2.75) is 19.1 Å². The summed E-state index contributed by atoms with van der Waals surface area (Å²) in [6.07, 6.45) is -0.682. The van der Waals surface area contributed by atoms with Crippen molar-refractivity contribution in [1.29, 1.82) is 5.26 Å². The van der Waals surface area contributed by atoms with Crippen molar-refractivity contribution in [3.63, 3.8) is 0 Å². The fourth-order valence-electron chi connectivity index (χ4n) is 3.61. The molecule has 0 aromatic heterocycles. The highest BCUT2D eigenvalue weighted by molar-refractivity contribution is 5.80. The van der Waals surface area contributed by atoms with Crippen LogP contribution in [0, 0.1) is 11.3 Å². The van der Waals surface area contributed by atoms with Gasteiger partial charge in [0.15, 0.2) is 17.6 Å². The Bertz CT molecular complexity index is 936. The van der Waals surface area contributed by atoms with Crippen molar-refractivity contribution < 1.29 is 23.7 Å². The number of nitrogens with one attached hydrogen (secondary N) is 1. The zero-order valence-corrected chi connectivity index (χ0v) is 18.7. The van der Waals surface area contributed by atoms with Crippen molar-refractivity contribution in [3.05, 3.63) is 53.6 Å². The molecule has 1 aliphatic heterocycles. The van der Waals surface area contributed by atoms with E-state index in [-0.39, 0.29) is 11.9 Å². The highest BCUT2D eigenvalue weighted by Crippen LogP contribution is 2.32. The van der Waals surface area contributed by atoms with E-state index >= 15 is 0 Å². The molecule has 2 aromatic carbocycles. The second-order valence-corrected chi connectivity index (χ2v) is 7.42. The molecule has 0 spiro atoms. The number of hydrogen-bond acceptors (Lipinski definition) is 7. The molecule has 1 N–H and O–H groups in total. The van der Waals surface area contributed by atoms with Gasteiger partial charge in [-0.2, -0.15) is 5.26 Å². The normalized spacial score (nSPS) is 15.8. The zero-order chi connectivity index (χ0) is 22.9. The number of ether oxygens (including phenoxy) is 4. The van der Waals surface area contributed by atoms with Gasteiger partial charge in [-0.3, -0.25) is 9.69 Å². The number of carbonyl (C=O) groups excluding carboxylic acids is 1. The number of rotatable bonds is 9. The summed E-state index contributed by atoms with van der Waals surface area (Å²) in [6, 6.07) is 14.5. The van der Waals surface area contributed by atoms with Gasteiger partial charge >= 0.3 is 0 Å². The Hall–Kier alpha value is -3.28. The van der Waals surface area contributed by atoms with Crippen LogP contribution < -0.4 is 19.5 Å². The number of morpholine rings is 1. The van der Waals surface area contributed by atoms with Gasteiger partial charge in [0, 0.05) is 19.6 Å². The van der Waals surface area contributed by atoms with Gasteiger partial charge in [0.25, 0.3) is 5.91 Å². The molecule has 170 valence electrons. The Morgan fingerprint density at radius 3 is 2.44 bits per heavy atom. The van der Waals surface area contributed by atoms with E-state index in [0.29, 0.717) is 42.6 Å². The van der Waals surface area contributed by atoms with Crippen LogP contribution in [0.2, 0.25) is 0 Å². The van der Waals surface area contributed by atoms with Crippen LogP contribution in [0.15, 0.2) is 42.5 Å². The van der Waals surface area contributed by atoms with Gasteiger partial charge in [-0.05, 0) is 48.9 Å². The molecular weight excluding hydrogens is 410 g/mol. The van der Waals surface area contributed by atoms with Crippen LogP contribution in [0.1, 0.15) is 24.1 Å². The van der Waals surface area contributed by atoms with Crippen LogP contribution in [0.3, 0.4) is 0 Å². The number of nitriles is 1. The maximum atomic E-state index is 12.7. The topological polar surface area (TPSA) is 93.0 Å². The van der Waals surface area contributed by atoms with E-state index < -0.39 is 6.10 Å². The minimum Gasteiger partial charge on any atom is -0.493 e. The van der Waals surface area contributed by atoms with E-state index in [1.165, 1.54) is 0 Å². The van der Waals surface area contributed by atoms with Gasteiger partial charge in [-0.15, -0.1) is 0 Å². The molecule has 0 bridgehead atoms. The summed E-state index contributed by atoms with van der Waals surface area (Å²) in [4.78, 5) is 15.0. The molecule has 32 heavy (non-hydrogen) atoms. The van der Waals surface area contributed by atoms with Crippen LogP contribution in [0.4, 0.5) is 0 Å². The molecular formula is C24H29N3O5. The summed E-state index contributed by atoms with van der Waals surface area (Å²) in [5.74, 6) is 1.63. The molecule has 2 aromatic rings. The minimum absolute atomic E-state index is 0.0511. The summed E-state index contributed by atoms with van der Waals surface area (Å²) < 4.78 is 22.1. The Balaban J connectivity index is 1.69. The van der Waals surface area contributed by atoms with Gasteiger partial charge in [0.1, 0.15) is 5.75 Å². The van der Waals surface area contributed by atoms with Gasteiger partial charge < -0.3 is 24.3 Å². The predicted octanol–water partition coefficient (Wildman–Crippen LogP) is 2.53. The minimum atomic E-state index is -0.682. The summed E-state index contributed by atoms with van der Waals surface area (Å²) in [7, 11) is 3.21. The maximum absolute atomic E-state index is 12.7. The van der Waals surface area contributed by atoms with E-state index in [1.807, 2.05) is 18.2 Å². The molecule has 8 heteroatoms. The largest absolute Gasteiger partial charge is 0.493 e. The maximum Gasteiger partial charge on any atom is 0.260 e. The molecule has 0 aliphatic carbocycles. The van der Waals surface area contributed by atoms with Gasteiger partial charge in [-0.25, -0.2) is 0 Å². The summed E-state index contributed by atoms with van der Waals surface area (Å²) in [5, 5.41) is 11.9. The first-order chi connectivity index (χ1) is 15.5. The summed E-state index contributed by atoms with van der Waals surface area (Å²) in [5.41, 5.74) is 1.56.